The molecule has 3 rings (SSSR count). The van der Waals surface area contributed by atoms with Crippen LogP contribution in [0, 0.1) is 5.82 Å². The highest BCUT2D eigenvalue weighted by Crippen LogP contribution is 2.21. The number of fused-ring (bicyclic) bond motifs is 1. The largest absolute Gasteiger partial charge is 0.491 e. The van der Waals surface area contributed by atoms with Crippen molar-refractivity contribution in [2.75, 3.05) is 11.9 Å². The Morgan fingerprint density at radius 3 is 2.70 bits per heavy atom. The van der Waals surface area contributed by atoms with E-state index in [1.54, 1.807) is 14.0 Å². The Morgan fingerprint density at radius 2 is 2.04 bits per heavy atom. The maximum Gasteiger partial charge on any atom is 0.332 e. The quantitative estimate of drug-likeness (QED) is 0.704. The number of nitrogens with zero attached hydrogens (tertiary/aromatic N) is 4. The smallest absolute Gasteiger partial charge is 0.332 e. The van der Waals surface area contributed by atoms with E-state index < -0.39 is 29.5 Å². The highest BCUT2D eigenvalue weighted by atomic mass is 19.1. The van der Waals surface area contributed by atoms with Crippen LogP contribution in [0.2, 0.25) is 0 Å². The molecule has 27 heavy (non-hydrogen) atoms. The van der Waals surface area contributed by atoms with Crippen LogP contribution in [0.1, 0.15) is 6.92 Å². The first-order chi connectivity index (χ1) is 12.8. The fraction of sp³-hybridized carbons (Fsp3) is 0.294. The Hall–Kier alpha value is -3.43. The van der Waals surface area contributed by atoms with Crippen molar-refractivity contribution in [3.05, 3.63) is 51.2 Å². The number of rotatable bonds is 5. The van der Waals surface area contributed by atoms with Gasteiger partial charge in [0, 0.05) is 25.8 Å². The minimum atomic E-state index is -0.667. The molecular weight excluding hydrogens is 357 g/mol. The number of aromatic nitrogens is 4. The van der Waals surface area contributed by atoms with E-state index in [0.717, 1.165) is 10.6 Å². The van der Waals surface area contributed by atoms with Crippen LogP contribution in [0.4, 0.5) is 10.1 Å². The SMILES string of the molecule is CCOc1ccc(NC(=O)Cn2c(=O)c3c(ncn3C)n(C)c2=O)cc1F. The maximum atomic E-state index is 13.9. The number of anilines is 1. The van der Waals surface area contributed by atoms with Gasteiger partial charge in [0.05, 0.1) is 12.9 Å². The van der Waals surface area contributed by atoms with Gasteiger partial charge in [0.2, 0.25) is 5.91 Å². The maximum absolute atomic E-state index is 13.9. The molecule has 2 heterocycles. The third kappa shape index (κ3) is 3.33. The zero-order valence-electron chi connectivity index (χ0n) is 15.0. The van der Waals surface area contributed by atoms with Crippen molar-refractivity contribution in [3.8, 4) is 5.75 Å². The lowest BCUT2D eigenvalue weighted by molar-refractivity contribution is -0.116. The van der Waals surface area contributed by atoms with Crippen LogP contribution in [-0.4, -0.2) is 31.2 Å². The monoisotopic (exact) mass is 375 g/mol. The summed E-state index contributed by atoms with van der Waals surface area (Å²) in [6.07, 6.45) is 1.42. The Kier molecular flexibility index (Phi) is 4.80. The predicted molar refractivity (Wildman–Crippen MR) is 96.4 cm³/mol. The van der Waals surface area contributed by atoms with Gasteiger partial charge in [0.25, 0.3) is 5.56 Å². The van der Waals surface area contributed by atoms with Crippen molar-refractivity contribution in [2.45, 2.75) is 13.5 Å². The van der Waals surface area contributed by atoms with E-state index in [2.05, 4.69) is 10.3 Å². The average molecular weight is 375 g/mol. The van der Waals surface area contributed by atoms with Gasteiger partial charge in [-0.15, -0.1) is 0 Å². The Balaban J connectivity index is 1.89. The van der Waals surface area contributed by atoms with E-state index in [4.69, 9.17) is 4.74 Å². The van der Waals surface area contributed by atoms with Crippen LogP contribution in [0.25, 0.3) is 11.2 Å². The molecule has 0 atom stereocenters. The lowest BCUT2D eigenvalue weighted by Gasteiger charge is -2.10. The summed E-state index contributed by atoms with van der Waals surface area (Å²) < 4.78 is 22.5. The van der Waals surface area contributed by atoms with Gasteiger partial charge in [-0.2, -0.15) is 0 Å². The lowest BCUT2D eigenvalue weighted by atomic mass is 10.3. The van der Waals surface area contributed by atoms with Gasteiger partial charge in [-0.3, -0.25) is 14.2 Å². The highest BCUT2D eigenvalue weighted by Gasteiger charge is 2.17. The molecule has 1 amide bonds. The van der Waals surface area contributed by atoms with Crippen molar-refractivity contribution >= 4 is 22.8 Å². The van der Waals surface area contributed by atoms with Crippen LogP contribution < -0.4 is 21.3 Å². The van der Waals surface area contributed by atoms with E-state index in [9.17, 15) is 18.8 Å². The molecule has 0 aliphatic carbocycles. The van der Waals surface area contributed by atoms with E-state index in [0.29, 0.717) is 6.61 Å². The third-order valence-electron chi connectivity index (χ3n) is 4.02. The second-order valence-electron chi connectivity index (χ2n) is 5.89. The van der Waals surface area contributed by atoms with Gasteiger partial charge < -0.3 is 14.6 Å². The van der Waals surface area contributed by atoms with E-state index in [1.165, 1.54) is 34.6 Å². The van der Waals surface area contributed by atoms with Crippen molar-refractivity contribution in [3.63, 3.8) is 0 Å². The number of benzene rings is 1. The molecule has 10 heteroatoms. The molecule has 1 aromatic carbocycles. The molecule has 0 fully saturated rings. The number of nitrogens with one attached hydrogen (secondary N) is 1. The number of imidazole rings is 1. The van der Waals surface area contributed by atoms with Crippen molar-refractivity contribution in [1.82, 2.24) is 18.7 Å². The van der Waals surface area contributed by atoms with E-state index in [1.807, 2.05) is 0 Å². The first-order valence-corrected chi connectivity index (χ1v) is 8.16. The second-order valence-corrected chi connectivity index (χ2v) is 5.89. The minimum Gasteiger partial charge on any atom is -0.491 e. The van der Waals surface area contributed by atoms with Crippen molar-refractivity contribution < 1.29 is 13.9 Å². The number of aryl methyl sites for hydroxylation is 2. The lowest BCUT2D eigenvalue weighted by Crippen LogP contribution is -2.42. The fourth-order valence-electron chi connectivity index (χ4n) is 2.73. The van der Waals surface area contributed by atoms with Gasteiger partial charge in [0.15, 0.2) is 22.7 Å². The number of hydrogen-bond acceptors (Lipinski definition) is 5. The van der Waals surface area contributed by atoms with Gasteiger partial charge >= 0.3 is 5.69 Å². The first-order valence-electron chi connectivity index (χ1n) is 8.16. The summed E-state index contributed by atoms with van der Waals surface area (Å²) in [5.41, 5.74) is -0.664. The summed E-state index contributed by atoms with van der Waals surface area (Å²) in [4.78, 5) is 41.3. The highest BCUT2D eigenvalue weighted by molar-refractivity contribution is 5.90. The molecule has 0 bridgehead atoms. The normalized spacial score (nSPS) is 11.0. The molecule has 0 aliphatic rings. The van der Waals surface area contributed by atoms with Crippen LogP contribution >= 0.6 is 0 Å². The zero-order valence-corrected chi connectivity index (χ0v) is 15.0. The molecule has 142 valence electrons. The van der Waals surface area contributed by atoms with E-state index >= 15 is 0 Å². The summed E-state index contributed by atoms with van der Waals surface area (Å²) in [7, 11) is 3.08. The van der Waals surface area contributed by atoms with Gasteiger partial charge in [0.1, 0.15) is 6.54 Å². The molecule has 0 unspecified atom stereocenters. The Morgan fingerprint density at radius 1 is 1.30 bits per heavy atom. The molecule has 0 spiro atoms. The Labute approximate surface area is 152 Å². The number of halogens is 1. The molecule has 0 saturated carbocycles. The number of hydrogen-bond donors (Lipinski definition) is 1. The molecule has 3 aromatic rings. The number of amides is 1. The van der Waals surface area contributed by atoms with Crippen LogP contribution in [0.3, 0.4) is 0 Å². The molecule has 0 aliphatic heterocycles. The number of carbonyl (C=O) groups is 1. The minimum absolute atomic E-state index is 0.0715. The first kappa shape index (κ1) is 18.4. The third-order valence-corrected chi connectivity index (χ3v) is 4.02. The van der Waals surface area contributed by atoms with E-state index in [-0.39, 0.29) is 22.6 Å². The van der Waals surface area contributed by atoms with Crippen molar-refractivity contribution in [1.29, 1.82) is 0 Å². The average Bonchev–Trinajstić information content (AvgIpc) is 3.01. The molecule has 0 radical (unpaired) electrons. The standard InChI is InChI=1S/C17H18FN5O4/c1-4-27-12-6-5-10(7-11(12)18)20-13(24)8-23-16(25)14-15(19-9-21(14)2)22(3)17(23)26/h5-7,9H,4,8H2,1-3H3,(H,20,24). The van der Waals surface area contributed by atoms with Crippen LogP contribution in [0.5, 0.6) is 5.75 Å². The summed E-state index contributed by atoms with van der Waals surface area (Å²) in [5.74, 6) is -1.19. The molecule has 2 aromatic heterocycles. The summed E-state index contributed by atoms with van der Waals surface area (Å²) in [6.45, 7) is 1.53. The fourth-order valence-corrected chi connectivity index (χ4v) is 2.73. The van der Waals surface area contributed by atoms with Crippen LogP contribution in [-0.2, 0) is 25.4 Å². The predicted octanol–water partition coefficient (Wildman–Crippen LogP) is 0.610. The molecule has 1 N–H and O–H groups in total. The summed E-state index contributed by atoms with van der Waals surface area (Å²) in [5, 5.41) is 2.47. The summed E-state index contributed by atoms with van der Waals surface area (Å²) in [6, 6.07) is 3.96. The zero-order chi connectivity index (χ0) is 19.7. The summed E-state index contributed by atoms with van der Waals surface area (Å²) >= 11 is 0. The molecular formula is C17H18FN5O4. The Bertz CT molecular complexity index is 1140. The van der Waals surface area contributed by atoms with Gasteiger partial charge in [-0.1, -0.05) is 0 Å². The molecule has 0 saturated heterocycles. The van der Waals surface area contributed by atoms with Crippen LogP contribution in [0.15, 0.2) is 34.1 Å². The molecule has 9 nitrogen and oxygen atoms in total. The van der Waals surface area contributed by atoms with Gasteiger partial charge in [-0.05, 0) is 19.1 Å². The van der Waals surface area contributed by atoms with Gasteiger partial charge in [-0.25, -0.2) is 18.7 Å². The van der Waals surface area contributed by atoms with Crippen molar-refractivity contribution in [2.24, 2.45) is 14.1 Å². The number of carbonyl (C=O) groups excluding carboxylic acids is 1. The topological polar surface area (TPSA) is 100 Å². The second kappa shape index (κ2) is 7.06. The number of ether oxygens (including phenoxy) is 1.